The number of hydrogen-bond acceptors (Lipinski definition) is 5. The van der Waals surface area contributed by atoms with E-state index in [4.69, 9.17) is 9.72 Å². The highest BCUT2D eigenvalue weighted by Crippen LogP contribution is 2.27. The number of morpholine rings is 1. The fourth-order valence-electron chi connectivity index (χ4n) is 4.21. The number of pyridine rings is 1. The van der Waals surface area contributed by atoms with Gasteiger partial charge in [-0.25, -0.2) is 4.98 Å². The maximum Gasteiger partial charge on any atom is 0.256 e. The number of ether oxygens (including phenoxy) is 1. The number of carbonyl (C=O) groups is 1. The number of rotatable bonds is 5. The lowest BCUT2D eigenvalue weighted by Crippen LogP contribution is -2.35. The zero-order valence-electron chi connectivity index (χ0n) is 18.9. The van der Waals surface area contributed by atoms with Crippen LogP contribution in [-0.4, -0.2) is 51.9 Å². The third kappa shape index (κ3) is 4.51. The van der Waals surface area contributed by atoms with E-state index in [1.54, 1.807) is 6.20 Å². The molecule has 0 bridgehead atoms. The molecule has 1 N–H and O–H groups in total. The summed E-state index contributed by atoms with van der Waals surface area (Å²) < 4.78 is 7.25. The second kappa shape index (κ2) is 9.13. The van der Waals surface area contributed by atoms with Gasteiger partial charge in [-0.2, -0.15) is 5.10 Å². The largest absolute Gasteiger partial charge is 0.379 e. The van der Waals surface area contributed by atoms with Crippen LogP contribution in [0.25, 0.3) is 22.2 Å². The molecule has 0 aliphatic carbocycles. The van der Waals surface area contributed by atoms with Crippen molar-refractivity contribution in [3.63, 3.8) is 0 Å². The smallest absolute Gasteiger partial charge is 0.256 e. The van der Waals surface area contributed by atoms with Crippen molar-refractivity contribution in [1.29, 1.82) is 0 Å². The first-order valence-corrected chi connectivity index (χ1v) is 11.2. The van der Waals surface area contributed by atoms with E-state index in [0.717, 1.165) is 66.4 Å². The summed E-state index contributed by atoms with van der Waals surface area (Å²) in [6.07, 6.45) is 1.79. The quantitative estimate of drug-likeness (QED) is 0.506. The fourth-order valence-corrected chi connectivity index (χ4v) is 4.21. The molecule has 3 heterocycles. The maximum atomic E-state index is 13.4. The van der Waals surface area contributed by atoms with Crippen LogP contribution in [0.4, 0.5) is 5.69 Å². The van der Waals surface area contributed by atoms with Gasteiger partial charge in [-0.1, -0.05) is 30.3 Å². The van der Waals surface area contributed by atoms with Crippen LogP contribution in [0.2, 0.25) is 0 Å². The highest BCUT2D eigenvalue weighted by atomic mass is 16.5. The predicted molar refractivity (Wildman–Crippen MR) is 129 cm³/mol. The Balaban J connectivity index is 1.45. The van der Waals surface area contributed by atoms with Gasteiger partial charge in [0.25, 0.3) is 5.91 Å². The topological polar surface area (TPSA) is 72.3 Å². The molecule has 0 unspecified atom stereocenters. The van der Waals surface area contributed by atoms with E-state index in [1.807, 2.05) is 67.2 Å². The first-order valence-electron chi connectivity index (χ1n) is 11.2. The SMILES string of the molecule is Cc1c(-c2cc(C(=O)Nc3cccc(CN4CCOCC4)c3)c3ccccc3n2)cnn1C. The Labute approximate surface area is 193 Å². The second-order valence-electron chi connectivity index (χ2n) is 8.38. The van der Waals surface area contributed by atoms with Crippen LogP contribution in [0, 0.1) is 6.92 Å². The normalized spacial score (nSPS) is 14.5. The highest BCUT2D eigenvalue weighted by Gasteiger charge is 2.17. The Morgan fingerprint density at radius 3 is 2.70 bits per heavy atom. The molecule has 1 amide bonds. The van der Waals surface area contributed by atoms with Crippen LogP contribution in [-0.2, 0) is 18.3 Å². The molecule has 168 valence electrons. The fraction of sp³-hybridized carbons (Fsp3) is 0.269. The Morgan fingerprint density at radius 2 is 1.91 bits per heavy atom. The Bertz CT molecular complexity index is 1310. The zero-order valence-corrected chi connectivity index (χ0v) is 18.9. The number of benzene rings is 2. The summed E-state index contributed by atoms with van der Waals surface area (Å²) in [5.41, 5.74) is 5.99. The Morgan fingerprint density at radius 1 is 1.09 bits per heavy atom. The Hall–Kier alpha value is -3.55. The minimum absolute atomic E-state index is 0.153. The maximum absolute atomic E-state index is 13.4. The van der Waals surface area contributed by atoms with Crippen molar-refractivity contribution in [3.05, 3.63) is 77.6 Å². The van der Waals surface area contributed by atoms with E-state index in [0.29, 0.717) is 5.56 Å². The molecule has 1 saturated heterocycles. The molecular weight excluding hydrogens is 414 g/mol. The van der Waals surface area contributed by atoms with Crippen molar-refractivity contribution >= 4 is 22.5 Å². The first-order chi connectivity index (χ1) is 16.1. The zero-order chi connectivity index (χ0) is 22.8. The Kier molecular flexibility index (Phi) is 5.90. The lowest BCUT2D eigenvalue weighted by molar-refractivity contribution is 0.0342. The van der Waals surface area contributed by atoms with Gasteiger partial charge in [0.1, 0.15) is 0 Å². The lowest BCUT2D eigenvalue weighted by atomic mass is 10.0. The van der Waals surface area contributed by atoms with E-state index < -0.39 is 0 Å². The minimum atomic E-state index is -0.153. The summed E-state index contributed by atoms with van der Waals surface area (Å²) in [7, 11) is 1.90. The molecule has 7 nitrogen and oxygen atoms in total. The van der Waals surface area contributed by atoms with E-state index in [-0.39, 0.29) is 5.91 Å². The van der Waals surface area contributed by atoms with Gasteiger partial charge in [0.15, 0.2) is 0 Å². The summed E-state index contributed by atoms with van der Waals surface area (Å²) in [6, 6.07) is 17.6. The molecule has 1 fully saturated rings. The van der Waals surface area contributed by atoms with Crippen molar-refractivity contribution in [1.82, 2.24) is 19.7 Å². The van der Waals surface area contributed by atoms with Gasteiger partial charge in [-0.3, -0.25) is 14.4 Å². The summed E-state index contributed by atoms with van der Waals surface area (Å²) >= 11 is 0. The summed E-state index contributed by atoms with van der Waals surface area (Å²) in [5, 5.41) is 8.26. The number of hydrogen-bond donors (Lipinski definition) is 1. The van der Waals surface area contributed by atoms with Crippen LogP contribution >= 0.6 is 0 Å². The van der Waals surface area contributed by atoms with Crippen LogP contribution in [0.3, 0.4) is 0 Å². The molecular formula is C26H27N5O2. The molecule has 2 aromatic carbocycles. The van der Waals surface area contributed by atoms with Crippen molar-refractivity contribution < 1.29 is 9.53 Å². The predicted octanol–water partition coefficient (Wildman–Crippen LogP) is 4.03. The average molecular weight is 442 g/mol. The first kappa shape index (κ1) is 21.3. The molecule has 33 heavy (non-hydrogen) atoms. The number of aromatic nitrogens is 3. The van der Waals surface area contributed by atoms with Gasteiger partial charge in [-0.15, -0.1) is 0 Å². The number of nitrogens with zero attached hydrogens (tertiary/aromatic N) is 4. The molecule has 0 radical (unpaired) electrons. The molecule has 2 aromatic heterocycles. The summed E-state index contributed by atoms with van der Waals surface area (Å²) in [5.74, 6) is -0.153. The number of aryl methyl sites for hydroxylation is 1. The molecule has 0 atom stereocenters. The molecule has 1 aliphatic rings. The molecule has 7 heteroatoms. The van der Waals surface area contributed by atoms with Gasteiger partial charge in [0, 0.05) is 49.0 Å². The third-order valence-electron chi connectivity index (χ3n) is 6.17. The van der Waals surface area contributed by atoms with Gasteiger partial charge in [-0.05, 0) is 36.8 Å². The van der Waals surface area contributed by atoms with Crippen LogP contribution < -0.4 is 5.32 Å². The van der Waals surface area contributed by atoms with Crippen molar-refractivity contribution in [3.8, 4) is 11.3 Å². The van der Waals surface area contributed by atoms with E-state index in [1.165, 1.54) is 5.56 Å². The van der Waals surface area contributed by atoms with Gasteiger partial charge in [0.05, 0.1) is 36.2 Å². The molecule has 4 aromatic rings. The van der Waals surface area contributed by atoms with Crippen molar-refractivity contribution in [2.45, 2.75) is 13.5 Å². The standard InChI is InChI=1S/C26H27N5O2/c1-18-23(16-27-30(18)2)25-15-22(21-8-3-4-9-24(21)29-25)26(32)28-20-7-5-6-19(14-20)17-31-10-12-33-13-11-31/h3-9,14-16H,10-13,17H2,1-2H3,(H,28,32). The van der Waals surface area contributed by atoms with E-state index in [9.17, 15) is 4.79 Å². The highest BCUT2D eigenvalue weighted by molar-refractivity contribution is 6.13. The third-order valence-corrected chi connectivity index (χ3v) is 6.17. The molecule has 5 rings (SSSR count). The van der Waals surface area contributed by atoms with Gasteiger partial charge >= 0.3 is 0 Å². The molecule has 0 saturated carbocycles. The molecule has 0 spiro atoms. The molecule has 1 aliphatic heterocycles. The van der Waals surface area contributed by atoms with Crippen molar-refractivity contribution in [2.75, 3.05) is 31.6 Å². The number of fused-ring (bicyclic) bond motifs is 1. The second-order valence-corrected chi connectivity index (χ2v) is 8.38. The number of amides is 1. The number of anilines is 1. The minimum Gasteiger partial charge on any atom is -0.379 e. The summed E-state index contributed by atoms with van der Waals surface area (Å²) in [4.78, 5) is 20.6. The monoisotopic (exact) mass is 441 g/mol. The lowest BCUT2D eigenvalue weighted by Gasteiger charge is -2.26. The van der Waals surface area contributed by atoms with Gasteiger partial charge in [0.2, 0.25) is 0 Å². The average Bonchev–Trinajstić information content (AvgIpc) is 3.17. The van der Waals surface area contributed by atoms with E-state index in [2.05, 4.69) is 21.4 Å². The van der Waals surface area contributed by atoms with E-state index >= 15 is 0 Å². The van der Waals surface area contributed by atoms with Crippen molar-refractivity contribution in [2.24, 2.45) is 7.05 Å². The van der Waals surface area contributed by atoms with Crippen LogP contribution in [0.1, 0.15) is 21.6 Å². The van der Waals surface area contributed by atoms with Crippen LogP contribution in [0.5, 0.6) is 0 Å². The van der Waals surface area contributed by atoms with Crippen LogP contribution in [0.15, 0.2) is 60.8 Å². The number of carbonyl (C=O) groups excluding carboxylic acids is 1. The number of nitrogens with one attached hydrogen (secondary N) is 1. The number of para-hydroxylation sites is 1. The van der Waals surface area contributed by atoms with Gasteiger partial charge < -0.3 is 10.1 Å². The summed E-state index contributed by atoms with van der Waals surface area (Å²) in [6.45, 7) is 6.23.